The summed E-state index contributed by atoms with van der Waals surface area (Å²) >= 11 is 0. The molecule has 1 unspecified atom stereocenters. The predicted octanol–water partition coefficient (Wildman–Crippen LogP) is 2.78. The van der Waals surface area contributed by atoms with E-state index in [1.54, 1.807) is 0 Å². The molecule has 4 heteroatoms. The standard InChI is InChI=1S/C16H14N2O2/c1-2-8-18-9-15(17-16(18)3-1)12-4-6-13(7-5-12)19-10-14-11-20-14/h1-9,14H,10-11H2. The molecule has 1 fully saturated rings. The number of hydrogen-bond donors (Lipinski definition) is 0. The molecule has 0 saturated carbocycles. The van der Waals surface area contributed by atoms with Crippen molar-refractivity contribution < 1.29 is 9.47 Å². The van der Waals surface area contributed by atoms with E-state index in [-0.39, 0.29) is 6.10 Å². The Balaban J connectivity index is 1.57. The fraction of sp³-hybridized carbons (Fsp3) is 0.188. The zero-order valence-corrected chi connectivity index (χ0v) is 10.9. The smallest absolute Gasteiger partial charge is 0.137 e. The lowest BCUT2D eigenvalue weighted by atomic mass is 10.2. The van der Waals surface area contributed by atoms with Crippen LogP contribution in [-0.4, -0.2) is 28.7 Å². The summed E-state index contributed by atoms with van der Waals surface area (Å²) in [6.07, 6.45) is 4.32. The maximum Gasteiger partial charge on any atom is 0.137 e. The van der Waals surface area contributed by atoms with E-state index in [0.29, 0.717) is 6.61 Å². The third-order valence-electron chi connectivity index (χ3n) is 3.35. The molecule has 0 radical (unpaired) electrons. The second kappa shape index (κ2) is 4.65. The van der Waals surface area contributed by atoms with E-state index in [0.717, 1.165) is 29.3 Å². The topological polar surface area (TPSA) is 39.1 Å². The first-order valence-electron chi connectivity index (χ1n) is 6.67. The van der Waals surface area contributed by atoms with Crippen LogP contribution in [-0.2, 0) is 4.74 Å². The molecule has 1 aromatic carbocycles. The summed E-state index contributed by atoms with van der Waals surface area (Å²) in [5, 5.41) is 0. The van der Waals surface area contributed by atoms with E-state index >= 15 is 0 Å². The average Bonchev–Trinajstić information content (AvgIpc) is 3.22. The quantitative estimate of drug-likeness (QED) is 0.682. The number of epoxide rings is 1. The Morgan fingerprint density at radius 3 is 2.80 bits per heavy atom. The van der Waals surface area contributed by atoms with Crippen molar-refractivity contribution in [2.45, 2.75) is 6.10 Å². The summed E-state index contributed by atoms with van der Waals surface area (Å²) in [5.74, 6) is 0.869. The Hall–Kier alpha value is -2.33. The number of benzene rings is 1. The van der Waals surface area contributed by atoms with Gasteiger partial charge < -0.3 is 13.9 Å². The van der Waals surface area contributed by atoms with Crippen LogP contribution in [0.1, 0.15) is 0 Å². The second-order valence-corrected chi connectivity index (χ2v) is 4.88. The van der Waals surface area contributed by atoms with E-state index in [9.17, 15) is 0 Å². The minimum absolute atomic E-state index is 0.285. The lowest BCUT2D eigenvalue weighted by molar-refractivity contribution is 0.263. The van der Waals surface area contributed by atoms with Gasteiger partial charge in [0, 0.05) is 18.0 Å². The van der Waals surface area contributed by atoms with Crippen molar-refractivity contribution in [1.82, 2.24) is 9.38 Å². The number of hydrogen-bond acceptors (Lipinski definition) is 3. The average molecular weight is 266 g/mol. The first kappa shape index (κ1) is 11.5. The van der Waals surface area contributed by atoms with E-state index in [1.807, 2.05) is 59.3 Å². The molecule has 1 aliphatic rings. The van der Waals surface area contributed by atoms with Crippen LogP contribution >= 0.6 is 0 Å². The SMILES string of the molecule is c1ccn2cc(-c3ccc(OCC4CO4)cc3)nc2c1. The Bertz CT molecular complexity index is 697. The number of rotatable bonds is 4. The van der Waals surface area contributed by atoms with Gasteiger partial charge in [0.1, 0.15) is 24.1 Å². The monoisotopic (exact) mass is 266 g/mol. The van der Waals surface area contributed by atoms with Gasteiger partial charge in [0.25, 0.3) is 0 Å². The molecule has 0 amide bonds. The largest absolute Gasteiger partial charge is 0.491 e. The van der Waals surface area contributed by atoms with Crippen molar-refractivity contribution in [3.8, 4) is 17.0 Å². The van der Waals surface area contributed by atoms with Gasteiger partial charge in [0.2, 0.25) is 0 Å². The normalized spacial score (nSPS) is 17.3. The highest BCUT2D eigenvalue weighted by molar-refractivity contribution is 5.63. The minimum Gasteiger partial charge on any atom is -0.491 e. The van der Waals surface area contributed by atoms with Crippen molar-refractivity contribution in [1.29, 1.82) is 0 Å². The number of ether oxygens (including phenoxy) is 2. The molecule has 1 saturated heterocycles. The van der Waals surface area contributed by atoms with Gasteiger partial charge in [-0.1, -0.05) is 6.07 Å². The van der Waals surface area contributed by atoms with Gasteiger partial charge in [0.15, 0.2) is 0 Å². The summed E-state index contributed by atoms with van der Waals surface area (Å²) in [4.78, 5) is 4.60. The van der Waals surface area contributed by atoms with Crippen LogP contribution in [0, 0.1) is 0 Å². The van der Waals surface area contributed by atoms with Crippen molar-refractivity contribution in [2.75, 3.05) is 13.2 Å². The van der Waals surface area contributed by atoms with Crippen LogP contribution in [0.3, 0.4) is 0 Å². The molecule has 1 atom stereocenters. The molecule has 100 valence electrons. The molecular weight excluding hydrogens is 252 g/mol. The van der Waals surface area contributed by atoms with Gasteiger partial charge in [-0.25, -0.2) is 4.98 Å². The predicted molar refractivity (Wildman–Crippen MR) is 75.9 cm³/mol. The number of fused-ring (bicyclic) bond motifs is 1. The molecular formula is C16H14N2O2. The van der Waals surface area contributed by atoms with E-state index in [2.05, 4.69) is 4.98 Å². The number of imidazole rings is 1. The maximum absolute atomic E-state index is 5.63. The Morgan fingerprint density at radius 2 is 2.05 bits per heavy atom. The van der Waals surface area contributed by atoms with Gasteiger partial charge in [-0.05, 0) is 36.4 Å². The fourth-order valence-electron chi connectivity index (χ4n) is 2.15. The Morgan fingerprint density at radius 1 is 1.20 bits per heavy atom. The first-order valence-corrected chi connectivity index (χ1v) is 6.67. The number of pyridine rings is 1. The molecule has 3 heterocycles. The zero-order valence-electron chi connectivity index (χ0n) is 10.9. The minimum atomic E-state index is 0.285. The third-order valence-corrected chi connectivity index (χ3v) is 3.35. The highest BCUT2D eigenvalue weighted by Gasteiger charge is 2.22. The highest BCUT2D eigenvalue weighted by atomic mass is 16.6. The van der Waals surface area contributed by atoms with Gasteiger partial charge in [0.05, 0.1) is 12.3 Å². The molecule has 0 bridgehead atoms. The molecule has 3 aromatic rings. The van der Waals surface area contributed by atoms with Crippen molar-refractivity contribution in [3.63, 3.8) is 0 Å². The molecule has 0 N–H and O–H groups in total. The van der Waals surface area contributed by atoms with E-state index < -0.39 is 0 Å². The van der Waals surface area contributed by atoms with Gasteiger partial charge in [-0.15, -0.1) is 0 Å². The van der Waals surface area contributed by atoms with Crippen LogP contribution in [0.2, 0.25) is 0 Å². The van der Waals surface area contributed by atoms with Crippen molar-refractivity contribution in [2.24, 2.45) is 0 Å². The number of nitrogens with zero attached hydrogens (tertiary/aromatic N) is 2. The van der Waals surface area contributed by atoms with Gasteiger partial charge in [-0.3, -0.25) is 0 Å². The summed E-state index contributed by atoms with van der Waals surface area (Å²) in [5.41, 5.74) is 3.01. The van der Waals surface area contributed by atoms with Gasteiger partial charge in [-0.2, -0.15) is 0 Å². The van der Waals surface area contributed by atoms with Gasteiger partial charge >= 0.3 is 0 Å². The third kappa shape index (κ3) is 2.26. The summed E-state index contributed by atoms with van der Waals surface area (Å²) < 4.78 is 12.8. The summed E-state index contributed by atoms with van der Waals surface area (Å²) in [6, 6.07) is 14.0. The van der Waals surface area contributed by atoms with Crippen LogP contribution in [0.4, 0.5) is 0 Å². The zero-order chi connectivity index (χ0) is 13.4. The molecule has 1 aliphatic heterocycles. The summed E-state index contributed by atoms with van der Waals surface area (Å²) in [7, 11) is 0. The fourth-order valence-corrected chi connectivity index (χ4v) is 2.15. The molecule has 0 aliphatic carbocycles. The lowest BCUT2D eigenvalue weighted by Gasteiger charge is -2.04. The molecule has 20 heavy (non-hydrogen) atoms. The lowest BCUT2D eigenvalue weighted by Crippen LogP contribution is -2.03. The molecule has 4 nitrogen and oxygen atoms in total. The Labute approximate surface area is 116 Å². The number of aromatic nitrogens is 2. The van der Waals surface area contributed by atoms with Crippen LogP contribution in [0.15, 0.2) is 54.9 Å². The molecule has 2 aromatic heterocycles. The van der Waals surface area contributed by atoms with Crippen LogP contribution < -0.4 is 4.74 Å². The van der Waals surface area contributed by atoms with E-state index in [4.69, 9.17) is 9.47 Å². The second-order valence-electron chi connectivity index (χ2n) is 4.88. The summed E-state index contributed by atoms with van der Waals surface area (Å²) in [6.45, 7) is 1.45. The van der Waals surface area contributed by atoms with Crippen molar-refractivity contribution in [3.05, 3.63) is 54.9 Å². The molecule has 4 rings (SSSR count). The highest BCUT2D eigenvalue weighted by Crippen LogP contribution is 2.23. The van der Waals surface area contributed by atoms with Crippen molar-refractivity contribution >= 4 is 5.65 Å². The maximum atomic E-state index is 5.63. The Kier molecular flexibility index (Phi) is 2.67. The van der Waals surface area contributed by atoms with Crippen LogP contribution in [0.5, 0.6) is 5.75 Å². The van der Waals surface area contributed by atoms with Crippen LogP contribution in [0.25, 0.3) is 16.9 Å². The molecule has 0 spiro atoms. The first-order chi connectivity index (χ1) is 9.88. The van der Waals surface area contributed by atoms with E-state index in [1.165, 1.54) is 0 Å².